The van der Waals surface area contributed by atoms with Gasteiger partial charge in [-0.1, -0.05) is 71.4 Å². The molecule has 108 valence electrons. The molecular formula is C19H20BrN. The van der Waals surface area contributed by atoms with E-state index in [0.717, 1.165) is 24.1 Å². The first kappa shape index (κ1) is 14.6. The van der Waals surface area contributed by atoms with Crippen LogP contribution in [0.2, 0.25) is 0 Å². The number of hydrogen-bond acceptors (Lipinski definition) is 1. The van der Waals surface area contributed by atoms with Gasteiger partial charge in [-0.15, -0.1) is 0 Å². The van der Waals surface area contributed by atoms with Gasteiger partial charge in [0.05, 0.1) is 0 Å². The van der Waals surface area contributed by atoms with Crippen LogP contribution in [0.1, 0.15) is 18.1 Å². The van der Waals surface area contributed by atoms with Crippen LogP contribution in [0.4, 0.5) is 0 Å². The van der Waals surface area contributed by atoms with Crippen LogP contribution in [0.25, 0.3) is 5.57 Å². The van der Waals surface area contributed by atoms with E-state index in [2.05, 4.69) is 88.4 Å². The van der Waals surface area contributed by atoms with Gasteiger partial charge in [-0.2, -0.15) is 0 Å². The third kappa shape index (κ3) is 3.63. The topological polar surface area (TPSA) is 3.24 Å². The van der Waals surface area contributed by atoms with Crippen molar-refractivity contribution in [2.75, 3.05) is 13.1 Å². The van der Waals surface area contributed by atoms with Crippen LogP contribution in [0.5, 0.6) is 0 Å². The Morgan fingerprint density at radius 3 is 2.43 bits per heavy atom. The first-order valence-corrected chi connectivity index (χ1v) is 8.24. The maximum Gasteiger partial charge on any atom is 0.0237 e. The van der Waals surface area contributed by atoms with Gasteiger partial charge in [0.25, 0.3) is 0 Å². The third-order valence-corrected chi connectivity index (χ3v) is 4.59. The summed E-state index contributed by atoms with van der Waals surface area (Å²) >= 11 is 3.50. The van der Waals surface area contributed by atoms with Crippen molar-refractivity contribution in [2.45, 2.75) is 13.5 Å². The molecule has 1 nitrogen and oxygen atoms in total. The van der Waals surface area contributed by atoms with Crippen molar-refractivity contribution < 1.29 is 0 Å². The monoisotopic (exact) mass is 341 g/mol. The van der Waals surface area contributed by atoms with E-state index < -0.39 is 0 Å². The second kappa shape index (κ2) is 6.59. The largest absolute Gasteiger partial charge is 0.295 e. The minimum Gasteiger partial charge on any atom is -0.295 e. The van der Waals surface area contributed by atoms with Gasteiger partial charge >= 0.3 is 0 Å². The number of benzene rings is 2. The molecular weight excluding hydrogens is 322 g/mol. The molecule has 3 rings (SSSR count). The molecule has 0 radical (unpaired) electrons. The normalized spacial score (nSPS) is 19.3. The maximum atomic E-state index is 3.50. The SMILES string of the molecule is CC1CN(Cc2ccccc2)CC=C1c1ccc(Br)cc1. The van der Waals surface area contributed by atoms with Crippen molar-refractivity contribution in [1.82, 2.24) is 4.90 Å². The molecule has 0 aliphatic carbocycles. The van der Waals surface area contributed by atoms with Crippen molar-refractivity contribution in [3.63, 3.8) is 0 Å². The molecule has 2 aromatic rings. The molecule has 0 aromatic heterocycles. The molecule has 0 saturated carbocycles. The molecule has 0 amide bonds. The van der Waals surface area contributed by atoms with Crippen LogP contribution in [-0.4, -0.2) is 18.0 Å². The van der Waals surface area contributed by atoms with E-state index >= 15 is 0 Å². The molecule has 0 bridgehead atoms. The summed E-state index contributed by atoms with van der Waals surface area (Å²) in [5, 5.41) is 0. The molecule has 2 heteroatoms. The van der Waals surface area contributed by atoms with E-state index in [1.54, 1.807) is 0 Å². The number of nitrogens with zero attached hydrogens (tertiary/aromatic N) is 1. The van der Waals surface area contributed by atoms with Crippen LogP contribution in [0, 0.1) is 5.92 Å². The third-order valence-electron chi connectivity index (χ3n) is 4.06. The minimum atomic E-state index is 0.573. The molecule has 1 unspecified atom stereocenters. The van der Waals surface area contributed by atoms with E-state index in [1.165, 1.54) is 16.7 Å². The lowest BCUT2D eigenvalue weighted by Gasteiger charge is -2.31. The fourth-order valence-corrected chi connectivity index (χ4v) is 3.27. The van der Waals surface area contributed by atoms with E-state index in [9.17, 15) is 0 Å². The number of rotatable bonds is 3. The Morgan fingerprint density at radius 1 is 1.05 bits per heavy atom. The Morgan fingerprint density at radius 2 is 1.76 bits per heavy atom. The second-order valence-electron chi connectivity index (χ2n) is 5.75. The van der Waals surface area contributed by atoms with Gasteiger partial charge in [-0.25, -0.2) is 0 Å². The van der Waals surface area contributed by atoms with E-state index in [1.807, 2.05) is 0 Å². The summed E-state index contributed by atoms with van der Waals surface area (Å²) in [6, 6.07) is 19.4. The number of halogens is 1. The highest BCUT2D eigenvalue weighted by molar-refractivity contribution is 9.10. The molecule has 2 aromatic carbocycles. The zero-order chi connectivity index (χ0) is 14.7. The quantitative estimate of drug-likeness (QED) is 0.760. The fourth-order valence-electron chi connectivity index (χ4n) is 3.00. The molecule has 1 aliphatic rings. The summed E-state index contributed by atoms with van der Waals surface area (Å²) in [5.41, 5.74) is 4.22. The van der Waals surface area contributed by atoms with Gasteiger partial charge in [0.2, 0.25) is 0 Å². The van der Waals surface area contributed by atoms with Crippen molar-refractivity contribution in [3.05, 3.63) is 76.3 Å². The van der Waals surface area contributed by atoms with Crippen LogP contribution in [0.3, 0.4) is 0 Å². The smallest absolute Gasteiger partial charge is 0.0237 e. The Bertz CT molecular complexity index is 616. The second-order valence-corrected chi connectivity index (χ2v) is 6.66. The van der Waals surface area contributed by atoms with Crippen molar-refractivity contribution >= 4 is 21.5 Å². The molecule has 0 saturated heterocycles. The lowest BCUT2D eigenvalue weighted by atomic mass is 9.90. The number of hydrogen-bond donors (Lipinski definition) is 0. The highest BCUT2D eigenvalue weighted by Gasteiger charge is 2.19. The van der Waals surface area contributed by atoms with Crippen LogP contribution in [-0.2, 0) is 6.54 Å². The average Bonchev–Trinajstić information content (AvgIpc) is 2.50. The fraction of sp³-hybridized carbons (Fsp3) is 0.263. The lowest BCUT2D eigenvalue weighted by molar-refractivity contribution is 0.263. The minimum absolute atomic E-state index is 0.573. The predicted molar refractivity (Wildman–Crippen MR) is 93.0 cm³/mol. The summed E-state index contributed by atoms with van der Waals surface area (Å²) in [7, 11) is 0. The van der Waals surface area contributed by atoms with E-state index in [-0.39, 0.29) is 0 Å². The van der Waals surface area contributed by atoms with Crippen molar-refractivity contribution in [1.29, 1.82) is 0 Å². The summed E-state index contributed by atoms with van der Waals surface area (Å²) in [6.45, 7) is 5.52. The molecule has 21 heavy (non-hydrogen) atoms. The molecule has 1 aliphatic heterocycles. The zero-order valence-electron chi connectivity index (χ0n) is 12.3. The Labute approximate surface area is 135 Å². The first-order chi connectivity index (χ1) is 10.2. The Kier molecular flexibility index (Phi) is 4.57. The average molecular weight is 342 g/mol. The van der Waals surface area contributed by atoms with Gasteiger partial charge in [-0.05, 0) is 34.8 Å². The molecule has 1 heterocycles. The molecule has 1 atom stereocenters. The van der Waals surface area contributed by atoms with Gasteiger partial charge in [0.15, 0.2) is 0 Å². The van der Waals surface area contributed by atoms with Gasteiger partial charge < -0.3 is 0 Å². The zero-order valence-corrected chi connectivity index (χ0v) is 13.9. The predicted octanol–water partition coefficient (Wildman–Crippen LogP) is 4.98. The van der Waals surface area contributed by atoms with Gasteiger partial charge in [0.1, 0.15) is 0 Å². The highest BCUT2D eigenvalue weighted by atomic mass is 79.9. The van der Waals surface area contributed by atoms with Gasteiger partial charge in [-0.3, -0.25) is 4.90 Å². The highest BCUT2D eigenvalue weighted by Crippen LogP contribution is 2.29. The van der Waals surface area contributed by atoms with E-state index in [0.29, 0.717) is 5.92 Å². The van der Waals surface area contributed by atoms with Crippen LogP contribution >= 0.6 is 15.9 Å². The van der Waals surface area contributed by atoms with Gasteiger partial charge in [0, 0.05) is 24.1 Å². The summed E-state index contributed by atoms with van der Waals surface area (Å²) in [5.74, 6) is 0.573. The van der Waals surface area contributed by atoms with Crippen molar-refractivity contribution in [3.8, 4) is 0 Å². The summed E-state index contributed by atoms with van der Waals surface area (Å²) in [4.78, 5) is 2.52. The molecule has 0 fully saturated rings. The van der Waals surface area contributed by atoms with E-state index in [4.69, 9.17) is 0 Å². The maximum absolute atomic E-state index is 3.50. The standard InChI is InChI=1S/C19H20BrN/c1-15-13-21(14-16-5-3-2-4-6-16)12-11-19(15)17-7-9-18(20)10-8-17/h2-11,15H,12-14H2,1H3. The Hall–Kier alpha value is -1.38. The summed E-state index contributed by atoms with van der Waals surface area (Å²) < 4.78 is 1.14. The Balaban J connectivity index is 1.71. The summed E-state index contributed by atoms with van der Waals surface area (Å²) in [6.07, 6.45) is 2.39. The molecule has 0 N–H and O–H groups in total. The lowest BCUT2D eigenvalue weighted by Crippen LogP contribution is -2.32. The molecule has 0 spiro atoms. The van der Waals surface area contributed by atoms with Crippen molar-refractivity contribution in [2.24, 2.45) is 5.92 Å². The van der Waals surface area contributed by atoms with Crippen LogP contribution in [0.15, 0.2) is 65.1 Å². The first-order valence-electron chi connectivity index (χ1n) is 7.44. The van der Waals surface area contributed by atoms with Crippen LogP contribution < -0.4 is 0 Å².